The molecule has 1 aromatic heterocycles. The molecule has 2 aromatic carbocycles. The van der Waals surface area contributed by atoms with Gasteiger partial charge in [-0.1, -0.05) is 71.9 Å². The highest BCUT2D eigenvalue weighted by Crippen LogP contribution is 2.20. The standard InChI is InChI=1S/C25H25N3O3/c29-25(30-18-21-12-7-13-26-17-21)27-23(15-20-10-5-2-6-11-20)24-16-22(28-31-24)14-19-8-3-1-4-9-19/h1-13,17,23-24H,14-16,18H2,(H,27,29). The Morgan fingerprint density at radius 2 is 1.71 bits per heavy atom. The molecule has 0 aliphatic carbocycles. The predicted octanol–water partition coefficient (Wildman–Crippen LogP) is 4.31. The minimum atomic E-state index is -0.482. The van der Waals surface area contributed by atoms with Gasteiger partial charge in [0.15, 0.2) is 6.10 Å². The van der Waals surface area contributed by atoms with Gasteiger partial charge in [0, 0.05) is 30.8 Å². The van der Waals surface area contributed by atoms with Crippen molar-refractivity contribution in [3.05, 3.63) is 102 Å². The van der Waals surface area contributed by atoms with Gasteiger partial charge in [-0.15, -0.1) is 0 Å². The number of rotatable bonds is 8. The summed E-state index contributed by atoms with van der Waals surface area (Å²) in [6.45, 7) is 0.166. The summed E-state index contributed by atoms with van der Waals surface area (Å²) in [7, 11) is 0. The summed E-state index contributed by atoms with van der Waals surface area (Å²) in [5.74, 6) is 0. The van der Waals surface area contributed by atoms with E-state index in [2.05, 4.69) is 27.6 Å². The highest BCUT2D eigenvalue weighted by molar-refractivity contribution is 5.87. The van der Waals surface area contributed by atoms with Crippen molar-refractivity contribution in [2.75, 3.05) is 0 Å². The molecule has 6 nitrogen and oxygen atoms in total. The van der Waals surface area contributed by atoms with E-state index < -0.39 is 6.09 Å². The van der Waals surface area contributed by atoms with Crippen LogP contribution in [0.5, 0.6) is 0 Å². The Labute approximate surface area is 181 Å². The molecular weight excluding hydrogens is 390 g/mol. The number of carbonyl (C=O) groups excluding carboxylic acids is 1. The van der Waals surface area contributed by atoms with Crippen LogP contribution >= 0.6 is 0 Å². The predicted molar refractivity (Wildman–Crippen MR) is 119 cm³/mol. The molecule has 0 spiro atoms. The number of nitrogens with one attached hydrogen (secondary N) is 1. The number of hydrogen-bond acceptors (Lipinski definition) is 5. The van der Waals surface area contributed by atoms with E-state index in [9.17, 15) is 4.79 Å². The zero-order chi connectivity index (χ0) is 21.3. The van der Waals surface area contributed by atoms with Crippen molar-refractivity contribution in [2.24, 2.45) is 5.16 Å². The van der Waals surface area contributed by atoms with E-state index in [1.165, 1.54) is 5.56 Å². The minimum absolute atomic E-state index is 0.166. The first-order valence-corrected chi connectivity index (χ1v) is 10.4. The Morgan fingerprint density at radius 1 is 1.00 bits per heavy atom. The third kappa shape index (κ3) is 6.15. The van der Waals surface area contributed by atoms with Crippen molar-refractivity contribution in [3.63, 3.8) is 0 Å². The lowest BCUT2D eigenvalue weighted by molar-refractivity contribution is 0.0509. The van der Waals surface area contributed by atoms with Crippen molar-refractivity contribution in [1.82, 2.24) is 10.3 Å². The Hall–Kier alpha value is -3.67. The SMILES string of the molecule is O=C(NC(Cc1ccccc1)C1CC(Cc2ccccc2)=NO1)OCc1cccnc1. The first-order valence-electron chi connectivity index (χ1n) is 10.4. The third-order valence-corrected chi connectivity index (χ3v) is 5.15. The van der Waals surface area contributed by atoms with E-state index in [0.717, 1.165) is 23.3 Å². The molecule has 31 heavy (non-hydrogen) atoms. The Kier molecular flexibility index (Phi) is 6.90. The van der Waals surface area contributed by atoms with E-state index in [1.807, 2.05) is 60.7 Å². The molecule has 2 atom stereocenters. The molecule has 2 unspecified atom stereocenters. The zero-order valence-electron chi connectivity index (χ0n) is 17.2. The second-order valence-corrected chi connectivity index (χ2v) is 7.55. The number of aromatic nitrogens is 1. The Bertz CT molecular complexity index is 994. The van der Waals surface area contributed by atoms with Crippen LogP contribution in [0, 0.1) is 0 Å². The lowest BCUT2D eigenvalue weighted by atomic mass is 9.96. The summed E-state index contributed by atoms with van der Waals surface area (Å²) < 4.78 is 5.40. The normalized spacial score (nSPS) is 16.1. The largest absolute Gasteiger partial charge is 0.445 e. The van der Waals surface area contributed by atoms with Crippen molar-refractivity contribution < 1.29 is 14.4 Å². The van der Waals surface area contributed by atoms with E-state index in [1.54, 1.807) is 12.4 Å². The maximum Gasteiger partial charge on any atom is 0.407 e. The maximum atomic E-state index is 12.5. The molecule has 1 N–H and O–H groups in total. The maximum absolute atomic E-state index is 12.5. The molecule has 2 heterocycles. The number of alkyl carbamates (subject to hydrolysis) is 1. The Balaban J connectivity index is 1.38. The van der Waals surface area contributed by atoms with Gasteiger partial charge in [-0.3, -0.25) is 4.98 Å². The van der Waals surface area contributed by atoms with Gasteiger partial charge >= 0.3 is 6.09 Å². The number of pyridine rings is 1. The van der Waals surface area contributed by atoms with E-state index >= 15 is 0 Å². The molecule has 0 radical (unpaired) electrons. The van der Waals surface area contributed by atoms with Crippen molar-refractivity contribution in [3.8, 4) is 0 Å². The molecule has 0 fully saturated rings. The minimum Gasteiger partial charge on any atom is -0.445 e. The van der Waals surface area contributed by atoms with Gasteiger partial charge in [-0.2, -0.15) is 0 Å². The molecule has 4 rings (SSSR count). The van der Waals surface area contributed by atoms with Crippen LogP contribution in [0.3, 0.4) is 0 Å². The number of ether oxygens (including phenoxy) is 1. The molecule has 6 heteroatoms. The third-order valence-electron chi connectivity index (χ3n) is 5.15. The van der Waals surface area contributed by atoms with Gasteiger partial charge in [-0.05, 0) is 23.6 Å². The number of benzene rings is 2. The topological polar surface area (TPSA) is 72.8 Å². The number of amides is 1. The highest BCUT2D eigenvalue weighted by Gasteiger charge is 2.31. The van der Waals surface area contributed by atoms with E-state index in [4.69, 9.17) is 9.57 Å². The fraction of sp³-hybridized carbons (Fsp3) is 0.240. The van der Waals surface area contributed by atoms with Crippen LogP contribution in [0.2, 0.25) is 0 Å². The molecule has 0 bridgehead atoms. The highest BCUT2D eigenvalue weighted by atomic mass is 16.6. The van der Waals surface area contributed by atoms with E-state index in [-0.39, 0.29) is 18.8 Å². The summed E-state index contributed by atoms with van der Waals surface area (Å²) in [6, 6.07) is 23.6. The smallest absolute Gasteiger partial charge is 0.407 e. The van der Waals surface area contributed by atoms with Gasteiger partial charge < -0.3 is 14.9 Å². The van der Waals surface area contributed by atoms with Crippen molar-refractivity contribution >= 4 is 11.8 Å². The summed E-state index contributed by atoms with van der Waals surface area (Å²) in [4.78, 5) is 22.3. The molecule has 3 aromatic rings. The van der Waals surface area contributed by atoms with Crippen LogP contribution in [0.4, 0.5) is 4.79 Å². The molecular formula is C25H25N3O3. The lowest BCUT2D eigenvalue weighted by Gasteiger charge is -2.23. The van der Waals surface area contributed by atoms with Gasteiger partial charge in [0.05, 0.1) is 11.8 Å². The van der Waals surface area contributed by atoms with Crippen LogP contribution in [0.1, 0.15) is 23.1 Å². The van der Waals surface area contributed by atoms with Crippen LogP contribution in [0.15, 0.2) is 90.3 Å². The second-order valence-electron chi connectivity index (χ2n) is 7.55. The van der Waals surface area contributed by atoms with Gasteiger partial charge in [-0.25, -0.2) is 4.79 Å². The number of hydrogen-bond donors (Lipinski definition) is 1. The average molecular weight is 415 g/mol. The first-order chi connectivity index (χ1) is 15.3. The first kappa shape index (κ1) is 20.6. The molecule has 158 valence electrons. The van der Waals surface area contributed by atoms with Gasteiger partial charge in [0.1, 0.15) is 6.61 Å². The van der Waals surface area contributed by atoms with E-state index in [0.29, 0.717) is 12.8 Å². The van der Waals surface area contributed by atoms with Crippen LogP contribution in [-0.4, -0.2) is 28.9 Å². The molecule has 0 saturated carbocycles. The monoisotopic (exact) mass is 415 g/mol. The molecule has 1 aliphatic rings. The van der Waals surface area contributed by atoms with Crippen LogP contribution in [-0.2, 0) is 29.0 Å². The second kappa shape index (κ2) is 10.4. The number of nitrogens with zero attached hydrogens (tertiary/aromatic N) is 2. The fourth-order valence-electron chi connectivity index (χ4n) is 3.57. The average Bonchev–Trinajstić information content (AvgIpc) is 3.28. The van der Waals surface area contributed by atoms with Crippen LogP contribution in [0.25, 0.3) is 0 Å². The summed E-state index contributed by atoms with van der Waals surface area (Å²) in [5.41, 5.74) is 4.11. The van der Waals surface area contributed by atoms with Gasteiger partial charge in [0.2, 0.25) is 0 Å². The summed E-state index contributed by atoms with van der Waals surface area (Å²) in [6.07, 6.45) is 4.66. The van der Waals surface area contributed by atoms with Crippen molar-refractivity contribution in [2.45, 2.75) is 38.0 Å². The van der Waals surface area contributed by atoms with Crippen LogP contribution < -0.4 is 5.32 Å². The number of oxime groups is 1. The summed E-state index contributed by atoms with van der Waals surface area (Å²) in [5, 5.41) is 7.27. The fourth-order valence-corrected chi connectivity index (χ4v) is 3.57. The number of carbonyl (C=O) groups is 1. The van der Waals surface area contributed by atoms with Gasteiger partial charge in [0.25, 0.3) is 0 Å². The quantitative estimate of drug-likeness (QED) is 0.595. The molecule has 1 amide bonds. The Morgan fingerprint density at radius 3 is 2.42 bits per heavy atom. The molecule has 0 saturated heterocycles. The lowest BCUT2D eigenvalue weighted by Crippen LogP contribution is -2.45. The zero-order valence-corrected chi connectivity index (χ0v) is 17.2. The summed E-state index contributed by atoms with van der Waals surface area (Å²) >= 11 is 0. The van der Waals surface area contributed by atoms with Crippen molar-refractivity contribution in [1.29, 1.82) is 0 Å². The molecule has 1 aliphatic heterocycles.